The Morgan fingerprint density at radius 3 is 2.35 bits per heavy atom. The summed E-state index contributed by atoms with van der Waals surface area (Å²) in [6, 6.07) is 6.74. The minimum Gasteiger partial charge on any atom is -0.497 e. The predicted molar refractivity (Wildman–Crippen MR) is 120 cm³/mol. The Morgan fingerprint density at radius 2 is 1.77 bits per heavy atom. The number of rotatable bonds is 9. The summed E-state index contributed by atoms with van der Waals surface area (Å²) < 4.78 is 16.4. The van der Waals surface area contributed by atoms with Gasteiger partial charge in [0.25, 0.3) is 0 Å². The third-order valence-corrected chi connectivity index (χ3v) is 5.31. The first kappa shape index (κ1) is 25.0. The molecular formula is C24H38N2O5. The molecule has 0 heterocycles. The first-order valence-electron chi connectivity index (χ1n) is 11.1. The third-order valence-electron chi connectivity index (χ3n) is 5.31. The summed E-state index contributed by atoms with van der Waals surface area (Å²) in [6.45, 7) is 6.53. The van der Waals surface area contributed by atoms with Crippen LogP contribution in [0.25, 0.3) is 0 Å². The van der Waals surface area contributed by atoms with Crippen LogP contribution in [0.5, 0.6) is 5.75 Å². The smallest absolute Gasteiger partial charge is 0.408 e. The maximum absolute atomic E-state index is 13.1. The van der Waals surface area contributed by atoms with E-state index >= 15 is 0 Å². The lowest BCUT2D eigenvalue weighted by atomic mass is 9.90. The molecule has 0 saturated heterocycles. The summed E-state index contributed by atoms with van der Waals surface area (Å²) in [5.41, 5.74) is 0.325. The molecule has 174 valence electrons. The largest absolute Gasteiger partial charge is 0.497 e. The van der Waals surface area contributed by atoms with Crippen LogP contribution < -0.4 is 10.1 Å². The van der Waals surface area contributed by atoms with E-state index in [9.17, 15) is 9.59 Å². The van der Waals surface area contributed by atoms with Crippen molar-refractivity contribution >= 4 is 12.0 Å². The van der Waals surface area contributed by atoms with Gasteiger partial charge in [-0.2, -0.15) is 0 Å². The average molecular weight is 435 g/mol. The fourth-order valence-electron chi connectivity index (χ4n) is 3.68. The lowest BCUT2D eigenvalue weighted by molar-refractivity contribution is -0.134. The lowest BCUT2D eigenvalue weighted by Crippen LogP contribution is -2.51. The Kier molecular flexibility index (Phi) is 9.62. The molecule has 0 radical (unpaired) electrons. The molecule has 1 saturated carbocycles. The highest BCUT2D eigenvalue weighted by atomic mass is 16.6. The van der Waals surface area contributed by atoms with E-state index in [1.807, 2.05) is 24.3 Å². The van der Waals surface area contributed by atoms with Crippen molar-refractivity contribution in [2.24, 2.45) is 5.92 Å². The molecule has 2 amide bonds. The van der Waals surface area contributed by atoms with Crippen LogP contribution in [0.3, 0.4) is 0 Å². The highest BCUT2D eigenvalue weighted by molar-refractivity contribution is 5.85. The van der Waals surface area contributed by atoms with Gasteiger partial charge in [-0.1, -0.05) is 31.4 Å². The molecule has 7 heteroatoms. The molecule has 0 aliphatic heterocycles. The van der Waals surface area contributed by atoms with Crippen molar-refractivity contribution in [1.29, 1.82) is 0 Å². The minimum absolute atomic E-state index is 0.127. The van der Waals surface area contributed by atoms with Crippen molar-refractivity contribution in [1.82, 2.24) is 10.2 Å². The molecule has 1 aliphatic rings. The van der Waals surface area contributed by atoms with Crippen LogP contribution in [-0.2, 0) is 20.8 Å². The minimum atomic E-state index is -0.804. The number of nitrogens with one attached hydrogen (secondary N) is 1. The topological polar surface area (TPSA) is 77.1 Å². The van der Waals surface area contributed by atoms with E-state index in [4.69, 9.17) is 14.2 Å². The van der Waals surface area contributed by atoms with Gasteiger partial charge in [0, 0.05) is 20.2 Å². The molecule has 0 aromatic heterocycles. The SMILES string of the molecule is COc1ccc(CN(C)C(=O)[C@H](COCC2CCCCC2)NC(=O)OC(C)(C)C)cc1. The van der Waals surface area contributed by atoms with Crippen molar-refractivity contribution in [3.63, 3.8) is 0 Å². The van der Waals surface area contributed by atoms with Crippen LogP contribution in [0.4, 0.5) is 4.79 Å². The first-order chi connectivity index (χ1) is 14.7. The van der Waals surface area contributed by atoms with Gasteiger partial charge in [0.2, 0.25) is 5.91 Å². The zero-order valence-corrected chi connectivity index (χ0v) is 19.6. The number of nitrogens with zero attached hydrogens (tertiary/aromatic N) is 1. The maximum atomic E-state index is 13.1. The highest BCUT2D eigenvalue weighted by Gasteiger charge is 2.27. The van der Waals surface area contributed by atoms with Gasteiger partial charge in [0.15, 0.2) is 0 Å². The van der Waals surface area contributed by atoms with Gasteiger partial charge >= 0.3 is 6.09 Å². The lowest BCUT2D eigenvalue weighted by Gasteiger charge is -2.27. The predicted octanol–water partition coefficient (Wildman–Crippen LogP) is 4.14. The van der Waals surface area contributed by atoms with Gasteiger partial charge < -0.3 is 24.4 Å². The monoisotopic (exact) mass is 434 g/mol. The quantitative estimate of drug-likeness (QED) is 0.632. The van der Waals surface area contributed by atoms with Crippen LogP contribution in [0, 0.1) is 5.92 Å². The van der Waals surface area contributed by atoms with Gasteiger partial charge in [0.1, 0.15) is 17.4 Å². The van der Waals surface area contributed by atoms with E-state index in [1.54, 1.807) is 39.8 Å². The van der Waals surface area contributed by atoms with E-state index in [0.717, 1.165) is 24.2 Å². The van der Waals surface area contributed by atoms with Crippen LogP contribution in [0.1, 0.15) is 58.4 Å². The molecule has 0 spiro atoms. The van der Waals surface area contributed by atoms with Crippen molar-refractivity contribution in [3.05, 3.63) is 29.8 Å². The van der Waals surface area contributed by atoms with Crippen molar-refractivity contribution in [3.8, 4) is 5.75 Å². The van der Waals surface area contributed by atoms with Crippen LogP contribution in [0.15, 0.2) is 24.3 Å². The molecule has 0 bridgehead atoms. The Labute approximate surface area is 186 Å². The number of ether oxygens (including phenoxy) is 3. The molecule has 2 rings (SSSR count). The van der Waals surface area contributed by atoms with Gasteiger partial charge in [-0.05, 0) is 57.2 Å². The summed E-state index contributed by atoms with van der Waals surface area (Å²) in [5, 5.41) is 2.70. The van der Waals surface area contributed by atoms with E-state index in [0.29, 0.717) is 19.1 Å². The molecule has 31 heavy (non-hydrogen) atoms. The fraction of sp³-hybridized carbons (Fsp3) is 0.667. The Bertz CT molecular complexity index is 693. The number of amides is 2. The van der Waals surface area contributed by atoms with Crippen LogP contribution in [0.2, 0.25) is 0 Å². The maximum Gasteiger partial charge on any atom is 0.408 e. The number of carbonyl (C=O) groups is 2. The van der Waals surface area contributed by atoms with Crippen LogP contribution in [-0.4, -0.2) is 55.9 Å². The average Bonchev–Trinajstić information content (AvgIpc) is 2.72. The summed E-state index contributed by atoms with van der Waals surface area (Å²) in [5.74, 6) is 1.08. The number of likely N-dealkylation sites (N-methyl/N-ethyl adjacent to an activating group) is 1. The van der Waals surface area contributed by atoms with Gasteiger partial charge in [0.05, 0.1) is 13.7 Å². The zero-order chi connectivity index (χ0) is 22.9. The number of methoxy groups -OCH3 is 1. The number of benzene rings is 1. The standard InChI is InChI=1S/C24H38N2O5/c1-24(2,3)31-23(28)25-21(17-30-16-19-9-7-6-8-10-19)22(27)26(4)15-18-11-13-20(29-5)14-12-18/h11-14,19,21H,6-10,15-17H2,1-5H3,(H,25,28)/t21-/m0/s1. The first-order valence-corrected chi connectivity index (χ1v) is 11.1. The Balaban J connectivity index is 1.97. The second kappa shape index (κ2) is 11.9. The summed E-state index contributed by atoms with van der Waals surface area (Å²) in [4.78, 5) is 27.0. The molecule has 1 aromatic carbocycles. The summed E-state index contributed by atoms with van der Waals surface area (Å²) >= 11 is 0. The molecule has 7 nitrogen and oxygen atoms in total. The van der Waals surface area contributed by atoms with Crippen molar-refractivity contribution < 1.29 is 23.8 Å². The van der Waals surface area contributed by atoms with Gasteiger partial charge in [-0.3, -0.25) is 4.79 Å². The molecule has 1 aliphatic carbocycles. The van der Waals surface area contributed by atoms with E-state index < -0.39 is 17.7 Å². The Hall–Kier alpha value is -2.28. The summed E-state index contributed by atoms with van der Waals surface area (Å²) in [7, 11) is 3.34. The van der Waals surface area contributed by atoms with E-state index in [-0.39, 0.29) is 12.5 Å². The normalized spacial score (nSPS) is 15.8. The molecule has 1 atom stereocenters. The van der Waals surface area contributed by atoms with Crippen molar-refractivity contribution in [2.75, 3.05) is 27.4 Å². The molecule has 0 unspecified atom stereocenters. The van der Waals surface area contributed by atoms with E-state index in [1.165, 1.54) is 19.3 Å². The highest BCUT2D eigenvalue weighted by Crippen LogP contribution is 2.23. The zero-order valence-electron chi connectivity index (χ0n) is 19.6. The van der Waals surface area contributed by atoms with Gasteiger partial charge in [-0.25, -0.2) is 4.79 Å². The van der Waals surface area contributed by atoms with Crippen LogP contribution >= 0.6 is 0 Å². The fourth-order valence-corrected chi connectivity index (χ4v) is 3.68. The third kappa shape index (κ3) is 9.17. The molecule has 1 N–H and O–H groups in total. The van der Waals surface area contributed by atoms with Crippen molar-refractivity contribution in [2.45, 2.75) is 71.1 Å². The second-order valence-corrected chi connectivity index (χ2v) is 9.28. The number of alkyl carbamates (subject to hydrolysis) is 1. The molecule has 1 fully saturated rings. The molecular weight excluding hydrogens is 396 g/mol. The second-order valence-electron chi connectivity index (χ2n) is 9.28. The summed E-state index contributed by atoms with van der Waals surface area (Å²) in [6.07, 6.45) is 5.46. The molecule has 1 aromatic rings. The Morgan fingerprint density at radius 1 is 1.13 bits per heavy atom. The van der Waals surface area contributed by atoms with E-state index in [2.05, 4.69) is 5.32 Å². The van der Waals surface area contributed by atoms with Gasteiger partial charge in [-0.15, -0.1) is 0 Å². The number of hydrogen-bond acceptors (Lipinski definition) is 5. The number of carbonyl (C=O) groups excluding carboxylic acids is 2. The number of hydrogen-bond donors (Lipinski definition) is 1.